The third kappa shape index (κ3) is 7.95. The SMILES string of the molecule is CO[C@H]1O[C@H](CCC(=O)O)[C@@H](OCc2ccccc2)[C@H](OCc2ccccc2)[C@@H]1OCc1ccccc1. The summed E-state index contributed by atoms with van der Waals surface area (Å²) in [5, 5.41) is 9.36. The molecule has 1 aliphatic heterocycles. The van der Waals surface area contributed by atoms with E-state index < -0.39 is 36.7 Å². The van der Waals surface area contributed by atoms with Crippen LogP contribution in [0.15, 0.2) is 91.0 Å². The number of carboxylic acid groups (broad SMARTS) is 1. The summed E-state index contributed by atoms with van der Waals surface area (Å²) in [6, 6.07) is 29.5. The molecule has 0 spiro atoms. The Bertz CT molecular complexity index is 1060. The minimum absolute atomic E-state index is 0.0623. The Morgan fingerprint density at radius 3 is 1.57 bits per heavy atom. The molecule has 1 saturated heterocycles. The topological polar surface area (TPSA) is 83.5 Å². The third-order valence-electron chi connectivity index (χ3n) is 6.32. The Labute approximate surface area is 217 Å². The number of ether oxygens (including phenoxy) is 5. The summed E-state index contributed by atoms with van der Waals surface area (Å²) in [5.41, 5.74) is 3.01. The molecule has 1 N–H and O–H groups in total. The summed E-state index contributed by atoms with van der Waals surface area (Å²) in [6.45, 7) is 1.00. The molecule has 4 rings (SSSR count). The van der Waals surface area contributed by atoms with Crippen molar-refractivity contribution >= 4 is 5.97 Å². The van der Waals surface area contributed by atoms with Gasteiger partial charge in [0, 0.05) is 13.5 Å². The molecule has 0 amide bonds. The molecule has 1 aliphatic rings. The highest BCUT2D eigenvalue weighted by Gasteiger charge is 2.48. The van der Waals surface area contributed by atoms with Crippen LogP contribution >= 0.6 is 0 Å². The average Bonchev–Trinajstić information content (AvgIpc) is 2.94. The maximum Gasteiger partial charge on any atom is 0.303 e. The molecule has 0 aliphatic carbocycles. The minimum Gasteiger partial charge on any atom is -0.481 e. The van der Waals surface area contributed by atoms with Crippen LogP contribution in [0.2, 0.25) is 0 Å². The molecule has 5 atom stereocenters. The van der Waals surface area contributed by atoms with Gasteiger partial charge in [0.2, 0.25) is 0 Å². The fraction of sp³-hybridized carbons (Fsp3) is 0.367. The summed E-state index contributed by atoms with van der Waals surface area (Å²) in [5.74, 6) is -0.899. The van der Waals surface area contributed by atoms with E-state index in [-0.39, 0.29) is 12.8 Å². The van der Waals surface area contributed by atoms with Crippen LogP contribution in [-0.4, -0.2) is 48.9 Å². The number of methoxy groups -OCH3 is 1. The van der Waals surface area contributed by atoms with Gasteiger partial charge in [-0.15, -0.1) is 0 Å². The Balaban J connectivity index is 1.60. The second-order valence-electron chi connectivity index (χ2n) is 8.99. The average molecular weight is 507 g/mol. The first kappa shape index (κ1) is 27.0. The first-order chi connectivity index (χ1) is 18.1. The fourth-order valence-corrected chi connectivity index (χ4v) is 4.43. The number of rotatable bonds is 13. The van der Waals surface area contributed by atoms with Crippen molar-refractivity contribution < 1.29 is 33.6 Å². The van der Waals surface area contributed by atoms with Gasteiger partial charge in [-0.1, -0.05) is 91.0 Å². The Morgan fingerprint density at radius 2 is 1.14 bits per heavy atom. The molecule has 0 bridgehead atoms. The smallest absolute Gasteiger partial charge is 0.303 e. The van der Waals surface area contributed by atoms with E-state index >= 15 is 0 Å². The highest BCUT2D eigenvalue weighted by molar-refractivity contribution is 5.66. The molecule has 0 saturated carbocycles. The molecule has 0 radical (unpaired) electrons. The zero-order valence-electron chi connectivity index (χ0n) is 21.0. The van der Waals surface area contributed by atoms with Gasteiger partial charge in [-0.2, -0.15) is 0 Å². The van der Waals surface area contributed by atoms with Crippen molar-refractivity contribution in [3.8, 4) is 0 Å². The molecular formula is C30H34O7. The van der Waals surface area contributed by atoms with Gasteiger partial charge in [0.1, 0.15) is 18.3 Å². The lowest BCUT2D eigenvalue weighted by Gasteiger charge is -2.45. The summed E-state index contributed by atoms with van der Waals surface area (Å²) < 4.78 is 31.2. The van der Waals surface area contributed by atoms with E-state index in [2.05, 4.69) is 0 Å². The van der Waals surface area contributed by atoms with Crippen LogP contribution in [0.3, 0.4) is 0 Å². The number of hydrogen-bond acceptors (Lipinski definition) is 6. The molecule has 196 valence electrons. The lowest BCUT2D eigenvalue weighted by atomic mass is 9.94. The zero-order valence-corrected chi connectivity index (χ0v) is 21.0. The maximum atomic E-state index is 11.4. The number of aliphatic carboxylic acids is 1. The molecular weight excluding hydrogens is 472 g/mol. The summed E-state index contributed by atoms with van der Waals surface area (Å²) >= 11 is 0. The Morgan fingerprint density at radius 1 is 0.703 bits per heavy atom. The van der Waals surface area contributed by atoms with Crippen LogP contribution < -0.4 is 0 Å². The second kappa shape index (κ2) is 14.0. The van der Waals surface area contributed by atoms with Crippen molar-refractivity contribution in [3.05, 3.63) is 108 Å². The van der Waals surface area contributed by atoms with Gasteiger partial charge in [-0.05, 0) is 23.1 Å². The van der Waals surface area contributed by atoms with Gasteiger partial charge in [0.25, 0.3) is 0 Å². The summed E-state index contributed by atoms with van der Waals surface area (Å²) in [6.07, 6.45) is -2.85. The van der Waals surface area contributed by atoms with E-state index in [9.17, 15) is 9.90 Å². The van der Waals surface area contributed by atoms with Crippen LogP contribution in [-0.2, 0) is 48.3 Å². The normalized spacial score (nSPS) is 23.5. The van der Waals surface area contributed by atoms with Gasteiger partial charge in [0.05, 0.1) is 25.9 Å². The molecule has 3 aromatic carbocycles. The number of carboxylic acids is 1. The molecule has 0 aromatic heterocycles. The van der Waals surface area contributed by atoms with E-state index in [1.807, 2.05) is 91.0 Å². The predicted octanol–water partition coefficient (Wildman–Crippen LogP) is 4.98. The first-order valence-corrected chi connectivity index (χ1v) is 12.5. The van der Waals surface area contributed by atoms with E-state index in [0.717, 1.165) is 16.7 Å². The second-order valence-corrected chi connectivity index (χ2v) is 8.99. The van der Waals surface area contributed by atoms with E-state index in [4.69, 9.17) is 23.7 Å². The third-order valence-corrected chi connectivity index (χ3v) is 6.32. The standard InChI is InChI=1S/C30H34O7/c1-33-30-29(36-21-24-15-9-4-10-16-24)28(35-20-23-13-7-3-8-14-23)27(25(37-30)17-18-26(31)32)34-19-22-11-5-2-6-12-22/h2-16,25,27-30H,17-21H2,1H3,(H,31,32)/t25-,27-,28+,29+,30+/m1/s1. The highest BCUT2D eigenvalue weighted by atomic mass is 16.7. The summed E-state index contributed by atoms with van der Waals surface area (Å²) in [4.78, 5) is 11.4. The van der Waals surface area contributed by atoms with Crippen LogP contribution in [0.1, 0.15) is 29.5 Å². The van der Waals surface area contributed by atoms with Crippen molar-refractivity contribution in [3.63, 3.8) is 0 Å². The van der Waals surface area contributed by atoms with E-state index in [1.165, 1.54) is 0 Å². The van der Waals surface area contributed by atoms with Crippen molar-refractivity contribution in [1.82, 2.24) is 0 Å². The zero-order chi connectivity index (χ0) is 25.9. The monoisotopic (exact) mass is 506 g/mol. The van der Waals surface area contributed by atoms with Gasteiger partial charge in [-0.3, -0.25) is 4.79 Å². The molecule has 37 heavy (non-hydrogen) atoms. The highest BCUT2D eigenvalue weighted by Crippen LogP contribution is 2.32. The lowest BCUT2D eigenvalue weighted by Crippen LogP contribution is -2.60. The van der Waals surface area contributed by atoms with Crippen LogP contribution in [0.4, 0.5) is 0 Å². The van der Waals surface area contributed by atoms with E-state index in [0.29, 0.717) is 19.8 Å². The fourth-order valence-electron chi connectivity index (χ4n) is 4.43. The Kier molecular flexibility index (Phi) is 10.2. The predicted molar refractivity (Wildman–Crippen MR) is 138 cm³/mol. The van der Waals surface area contributed by atoms with Crippen molar-refractivity contribution in [2.45, 2.75) is 63.4 Å². The molecule has 7 heteroatoms. The number of benzene rings is 3. The molecule has 1 heterocycles. The van der Waals surface area contributed by atoms with E-state index in [1.54, 1.807) is 7.11 Å². The van der Waals surface area contributed by atoms with Gasteiger partial charge in [0.15, 0.2) is 6.29 Å². The quantitative estimate of drug-likeness (QED) is 0.350. The summed E-state index contributed by atoms with van der Waals surface area (Å²) in [7, 11) is 1.55. The molecule has 0 unspecified atom stereocenters. The van der Waals surface area contributed by atoms with Crippen LogP contribution in [0.5, 0.6) is 0 Å². The minimum atomic E-state index is -0.899. The lowest BCUT2D eigenvalue weighted by molar-refractivity contribution is -0.318. The number of hydrogen-bond donors (Lipinski definition) is 1. The first-order valence-electron chi connectivity index (χ1n) is 12.5. The number of carbonyl (C=O) groups is 1. The van der Waals surface area contributed by atoms with Gasteiger partial charge in [-0.25, -0.2) is 0 Å². The van der Waals surface area contributed by atoms with Crippen molar-refractivity contribution in [2.24, 2.45) is 0 Å². The molecule has 3 aromatic rings. The molecule has 7 nitrogen and oxygen atoms in total. The van der Waals surface area contributed by atoms with Crippen molar-refractivity contribution in [2.75, 3.05) is 7.11 Å². The van der Waals surface area contributed by atoms with Gasteiger partial charge >= 0.3 is 5.97 Å². The molecule has 1 fully saturated rings. The Hall–Kier alpha value is -3.07. The van der Waals surface area contributed by atoms with Crippen molar-refractivity contribution in [1.29, 1.82) is 0 Å². The maximum absolute atomic E-state index is 11.4. The van der Waals surface area contributed by atoms with Crippen LogP contribution in [0.25, 0.3) is 0 Å². The largest absolute Gasteiger partial charge is 0.481 e. The van der Waals surface area contributed by atoms with Gasteiger partial charge < -0.3 is 28.8 Å². The van der Waals surface area contributed by atoms with Crippen LogP contribution in [0, 0.1) is 0 Å².